The molecule has 41 heavy (non-hydrogen) atoms. The number of amides is 1. The number of benzene rings is 2. The van der Waals surface area contributed by atoms with E-state index in [9.17, 15) is 14.4 Å². The Hall–Kier alpha value is -3.58. The van der Waals surface area contributed by atoms with Crippen molar-refractivity contribution < 1.29 is 23.9 Å². The van der Waals surface area contributed by atoms with Crippen LogP contribution in [0.15, 0.2) is 65.0 Å². The van der Waals surface area contributed by atoms with E-state index in [0.717, 1.165) is 24.2 Å². The van der Waals surface area contributed by atoms with Crippen LogP contribution in [0.1, 0.15) is 64.9 Å². The minimum absolute atomic E-state index is 0.0466. The molecule has 0 fully saturated rings. The fourth-order valence-corrected chi connectivity index (χ4v) is 6.67. The molecule has 7 nitrogen and oxygen atoms in total. The van der Waals surface area contributed by atoms with Gasteiger partial charge in [0, 0.05) is 54.0 Å². The number of para-hydroxylation sites is 1. The van der Waals surface area contributed by atoms with Crippen molar-refractivity contribution >= 4 is 34.8 Å². The summed E-state index contributed by atoms with van der Waals surface area (Å²) in [6.45, 7) is 8.16. The molecule has 0 spiro atoms. The van der Waals surface area contributed by atoms with E-state index in [-0.39, 0.29) is 45.7 Å². The van der Waals surface area contributed by atoms with Gasteiger partial charge in [-0.05, 0) is 53.5 Å². The zero-order chi connectivity index (χ0) is 29.7. The van der Waals surface area contributed by atoms with E-state index >= 15 is 0 Å². The van der Waals surface area contributed by atoms with Crippen molar-refractivity contribution in [3.8, 4) is 11.5 Å². The quantitative estimate of drug-likeness (QED) is 0.413. The fraction of sp³-hybridized carbons (Fsp3) is 0.424. The summed E-state index contributed by atoms with van der Waals surface area (Å²) >= 11 is 6.77. The minimum atomic E-state index is -0.551. The van der Waals surface area contributed by atoms with Gasteiger partial charge in [0.1, 0.15) is 0 Å². The first-order chi connectivity index (χ1) is 19.3. The number of halogens is 1. The van der Waals surface area contributed by atoms with E-state index in [1.807, 2.05) is 25.2 Å². The molecule has 0 bridgehead atoms. The minimum Gasteiger partial charge on any atom is -0.493 e. The summed E-state index contributed by atoms with van der Waals surface area (Å²) in [5.41, 5.74) is 4.23. The van der Waals surface area contributed by atoms with Gasteiger partial charge in [-0.15, -0.1) is 0 Å². The maximum Gasteiger partial charge on any atom is 0.262 e. The lowest BCUT2D eigenvalue weighted by molar-refractivity contribution is -0.120. The summed E-state index contributed by atoms with van der Waals surface area (Å²) in [6, 6.07) is 12.6. The van der Waals surface area contributed by atoms with Crippen molar-refractivity contribution in [3.63, 3.8) is 0 Å². The van der Waals surface area contributed by atoms with Gasteiger partial charge >= 0.3 is 0 Å². The average molecular weight is 577 g/mol. The Kier molecular flexibility index (Phi) is 7.53. The Balaban J connectivity index is 1.55. The Morgan fingerprint density at radius 3 is 2.05 bits per heavy atom. The maximum absolute atomic E-state index is 13.8. The number of rotatable bonds is 6. The molecule has 0 saturated heterocycles. The third-order valence-electron chi connectivity index (χ3n) is 8.17. The van der Waals surface area contributed by atoms with Gasteiger partial charge in [0.05, 0.1) is 12.1 Å². The van der Waals surface area contributed by atoms with Crippen LogP contribution in [0, 0.1) is 10.8 Å². The van der Waals surface area contributed by atoms with Crippen LogP contribution >= 0.6 is 11.6 Å². The van der Waals surface area contributed by atoms with E-state index in [2.05, 4.69) is 37.9 Å². The highest BCUT2D eigenvalue weighted by Gasteiger charge is 2.48. The highest BCUT2D eigenvalue weighted by molar-refractivity contribution is 6.32. The van der Waals surface area contributed by atoms with E-state index in [0.29, 0.717) is 41.0 Å². The maximum atomic E-state index is 13.8. The van der Waals surface area contributed by atoms with Crippen molar-refractivity contribution in [1.82, 2.24) is 4.90 Å². The number of anilines is 1. The third-order valence-corrected chi connectivity index (χ3v) is 8.45. The van der Waals surface area contributed by atoms with Gasteiger partial charge in [0.25, 0.3) is 5.91 Å². The largest absolute Gasteiger partial charge is 0.493 e. The van der Waals surface area contributed by atoms with Crippen LogP contribution in [-0.4, -0.2) is 43.1 Å². The molecule has 8 heteroatoms. The predicted octanol–water partition coefficient (Wildman–Crippen LogP) is 6.68. The molecule has 1 amide bonds. The van der Waals surface area contributed by atoms with Crippen LogP contribution in [0.4, 0.5) is 5.69 Å². The summed E-state index contributed by atoms with van der Waals surface area (Å²) in [5, 5.41) is 3.02. The third kappa shape index (κ3) is 5.65. The van der Waals surface area contributed by atoms with E-state index in [4.69, 9.17) is 21.1 Å². The number of carbonyl (C=O) groups excluding carboxylic acids is 3. The molecule has 1 N–H and O–H groups in total. The van der Waals surface area contributed by atoms with Crippen LogP contribution in [0.5, 0.6) is 11.5 Å². The van der Waals surface area contributed by atoms with E-state index in [1.54, 1.807) is 24.3 Å². The molecule has 0 unspecified atom stereocenters. The average Bonchev–Trinajstić information content (AvgIpc) is 2.88. The molecule has 0 atom stereocenters. The number of allylic oxidation sites excluding steroid dienone is 4. The summed E-state index contributed by atoms with van der Waals surface area (Å²) in [6.07, 6.45) is 2.27. The SMILES string of the molecule is COc1cc(C2C3=C(CC(C)(C)CC3=O)N(C)C3=C2C(=O)CC(C)(C)C3)cc(Cl)c1OCC(=O)Nc1ccccc1. The predicted molar refractivity (Wildman–Crippen MR) is 159 cm³/mol. The number of carbonyl (C=O) groups is 3. The molecule has 1 heterocycles. The topological polar surface area (TPSA) is 84.9 Å². The molecule has 5 rings (SSSR count). The molecule has 0 aromatic heterocycles. The Morgan fingerprint density at radius 2 is 1.51 bits per heavy atom. The molecule has 0 radical (unpaired) electrons. The standard InChI is InChI=1S/C33H37ClN2O5/c1-32(2)14-22-29(24(37)16-32)28(30-23(36(22)5)15-33(3,4)17-25(30)38)19-12-21(34)31(26(13-19)40-6)41-18-27(39)35-20-10-8-7-9-11-20/h7-13,28H,14-18H2,1-6H3,(H,35,39). The number of ether oxygens (including phenoxy) is 2. The number of nitrogens with zero attached hydrogens (tertiary/aromatic N) is 1. The van der Waals surface area contributed by atoms with Crippen molar-refractivity contribution in [2.24, 2.45) is 10.8 Å². The summed E-state index contributed by atoms with van der Waals surface area (Å²) in [5.74, 6) is -0.245. The van der Waals surface area contributed by atoms with Gasteiger partial charge in [0.15, 0.2) is 29.7 Å². The first-order valence-electron chi connectivity index (χ1n) is 13.9. The van der Waals surface area contributed by atoms with Gasteiger partial charge in [-0.2, -0.15) is 0 Å². The normalized spacial score (nSPS) is 20.0. The van der Waals surface area contributed by atoms with Crippen LogP contribution in [0.2, 0.25) is 5.02 Å². The lowest BCUT2D eigenvalue weighted by atomic mass is 9.63. The lowest BCUT2D eigenvalue weighted by Crippen LogP contribution is -2.43. The number of hydrogen-bond donors (Lipinski definition) is 1. The second-order valence-electron chi connectivity index (χ2n) is 12.8. The molecular formula is C33H37ClN2O5. The lowest BCUT2D eigenvalue weighted by Gasteiger charge is -2.48. The van der Waals surface area contributed by atoms with E-state index < -0.39 is 5.92 Å². The van der Waals surface area contributed by atoms with Gasteiger partial charge in [-0.3, -0.25) is 14.4 Å². The highest BCUT2D eigenvalue weighted by atomic mass is 35.5. The van der Waals surface area contributed by atoms with Crippen molar-refractivity contribution in [1.29, 1.82) is 0 Å². The highest BCUT2D eigenvalue weighted by Crippen LogP contribution is 2.55. The fourth-order valence-electron chi connectivity index (χ4n) is 6.40. The van der Waals surface area contributed by atoms with Crippen molar-refractivity contribution in [2.75, 3.05) is 26.1 Å². The zero-order valence-electron chi connectivity index (χ0n) is 24.5. The van der Waals surface area contributed by atoms with Crippen LogP contribution in [0.25, 0.3) is 0 Å². The second-order valence-corrected chi connectivity index (χ2v) is 13.2. The van der Waals surface area contributed by atoms with E-state index in [1.165, 1.54) is 7.11 Å². The van der Waals surface area contributed by atoms with Crippen LogP contribution < -0.4 is 14.8 Å². The molecule has 0 saturated carbocycles. The van der Waals surface area contributed by atoms with Crippen molar-refractivity contribution in [2.45, 2.75) is 59.3 Å². The van der Waals surface area contributed by atoms with Gasteiger partial charge < -0.3 is 19.7 Å². The van der Waals surface area contributed by atoms with Crippen LogP contribution in [0.3, 0.4) is 0 Å². The van der Waals surface area contributed by atoms with Crippen molar-refractivity contribution in [3.05, 3.63) is 75.6 Å². The zero-order valence-corrected chi connectivity index (χ0v) is 25.3. The number of ketones is 2. The molecular weight excluding hydrogens is 540 g/mol. The second kappa shape index (κ2) is 10.7. The Labute approximate surface area is 246 Å². The molecule has 3 aliphatic rings. The first kappa shape index (κ1) is 28.9. The molecule has 2 aromatic carbocycles. The molecule has 2 aliphatic carbocycles. The van der Waals surface area contributed by atoms with Crippen LogP contribution in [-0.2, 0) is 14.4 Å². The number of hydrogen-bond acceptors (Lipinski definition) is 6. The summed E-state index contributed by atoms with van der Waals surface area (Å²) < 4.78 is 11.5. The number of methoxy groups -OCH3 is 1. The Bertz CT molecular complexity index is 1430. The van der Waals surface area contributed by atoms with Gasteiger partial charge in [-0.1, -0.05) is 57.5 Å². The smallest absolute Gasteiger partial charge is 0.262 e. The molecule has 1 aliphatic heterocycles. The number of Topliss-reactive ketones (excluding diaryl/α,β-unsaturated/α-hetero) is 2. The monoisotopic (exact) mass is 576 g/mol. The summed E-state index contributed by atoms with van der Waals surface area (Å²) in [4.78, 5) is 42.1. The summed E-state index contributed by atoms with van der Waals surface area (Å²) in [7, 11) is 3.48. The van der Waals surface area contributed by atoms with Gasteiger partial charge in [-0.25, -0.2) is 0 Å². The molecule has 2 aromatic rings. The molecule has 216 valence electrons. The first-order valence-corrected chi connectivity index (χ1v) is 14.3. The Morgan fingerprint density at radius 1 is 0.951 bits per heavy atom. The number of nitrogens with one attached hydrogen (secondary N) is 1. The van der Waals surface area contributed by atoms with Gasteiger partial charge in [0.2, 0.25) is 0 Å².